The molecular formula is C18H21NO. The first-order valence-corrected chi connectivity index (χ1v) is 7.73. The zero-order valence-electron chi connectivity index (χ0n) is 11.8. The summed E-state index contributed by atoms with van der Waals surface area (Å²) >= 11 is 0. The molecular weight excluding hydrogens is 246 g/mol. The van der Waals surface area contributed by atoms with E-state index in [2.05, 4.69) is 47.8 Å². The molecule has 2 aromatic carbocycles. The van der Waals surface area contributed by atoms with E-state index >= 15 is 0 Å². The topological polar surface area (TPSA) is 21.3 Å². The van der Waals surface area contributed by atoms with Crippen LogP contribution in [0.5, 0.6) is 0 Å². The van der Waals surface area contributed by atoms with Crippen molar-refractivity contribution in [1.29, 1.82) is 0 Å². The van der Waals surface area contributed by atoms with Crippen molar-refractivity contribution in [3.63, 3.8) is 0 Å². The van der Waals surface area contributed by atoms with Crippen LogP contribution in [0.4, 0.5) is 0 Å². The van der Waals surface area contributed by atoms with E-state index in [0.29, 0.717) is 0 Å². The molecule has 0 amide bonds. The summed E-state index contributed by atoms with van der Waals surface area (Å²) in [6, 6.07) is 15.2. The molecule has 2 fully saturated rings. The van der Waals surface area contributed by atoms with Crippen LogP contribution in [0, 0.1) is 0 Å². The van der Waals surface area contributed by atoms with Gasteiger partial charge in [-0.3, -0.25) is 0 Å². The Labute approximate surface area is 120 Å². The molecule has 0 aromatic heterocycles. The minimum absolute atomic E-state index is 0.0971. The Bertz CT molecular complexity index is 610. The molecule has 1 aliphatic carbocycles. The van der Waals surface area contributed by atoms with Gasteiger partial charge in [-0.05, 0) is 29.2 Å². The van der Waals surface area contributed by atoms with Gasteiger partial charge in [0.05, 0.1) is 11.7 Å². The highest BCUT2D eigenvalue weighted by atomic mass is 16.5. The summed E-state index contributed by atoms with van der Waals surface area (Å²) in [6.45, 7) is 1.95. The van der Waals surface area contributed by atoms with Gasteiger partial charge in [-0.25, -0.2) is 0 Å². The van der Waals surface area contributed by atoms with Gasteiger partial charge in [-0.1, -0.05) is 55.3 Å². The second kappa shape index (κ2) is 4.87. The lowest BCUT2D eigenvalue weighted by Crippen LogP contribution is -2.49. The van der Waals surface area contributed by atoms with Gasteiger partial charge in [-0.2, -0.15) is 0 Å². The first-order chi connectivity index (χ1) is 9.86. The second-order valence-corrected chi connectivity index (χ2v) is 6.20. The quantitative estimate of drug-likeness (QED) is 0.848. The summed E-state index contributed by atoms with van der Waals surface area (Å²) in [6.07, 6.45) is 5.23. The summed E-state index contributed by atoms with van der Waals surface area (Å²) in [4.78, 5) is 0. The summed E-state index contributed by atoms with van der Waals surface area (Å²) in [5, 5.41) is 6.24. The van der Waals surface area contributed by atoms with E-state index in [4.69, 9.17) is 4.74 Å². The minimum atomic E-state index is 0.0971. The predicted molar refractivity (Wildman–Crippen MR) is 81.8 cm³/mol. The van der Waals surface area contributed by atoms with Crippen molar-refractivity contribution in [2.24, 2.45) is 0 Å². The molecule has 2 aliphatic rings. The monoisotopic (exact) mass is 267 g/mol. The van der Waals surface area contributed by atoms with Gasteiger partial charge >= 0.3 is 0 Å². The van der Waals surface area contributed by atoms with Crippen molar-refractivity contribution in [1.82, 2.24) is 5.32 Å². The number of hydrogen-bond acceptors (Lipinski definition) is 2. The number of rotatable bonds is 1. The van der Waals surface area contributed by atoms with Crippen molar-refractivity contribution >= 4 is 10.8 Å². The molecule has 20 heavy (non-hydrogen) atoms. The number of fused-ring (bicyclic) bond motifs is 1. The molecule has 104 valence electrons. The lowest BCUT2D eigenvalue weighted by Gasteiger charge is -2.39. The van der Waals surface area contributed by atoms with E-state index in [1.165, 1.54) is 42.0 Å². The van der Waals surface area contributed by atoms with Crippen LogP contribution in [0.3, 0.4) is 0 Å². The van der Waals surface area contributed by atoms with E-state index in [9.17, 15) is 0 Å². The zero-order valence-corrected chi connectivity index (χ0v) is 11.8. The van der Waals surface area contributed by atoms with Crippen molar-refractivity contribution < 1.29 is 4.74 Å². The minimum Gasteiger partial charge on any atom is -0.364 e. The lowest BCUT2D eigenvalue weighted by molar-refractivity contribution is -0.113. The van der Waals surface area contributed by atoms with E-state index in [1.54, 1.807) is 0 Å². The molecule has 0 radical (unpaired) electrons. The highest BCUT2D eigenvalue weighted by Gasteiger charge is 2.40. The maximum absolute atomic E-state index is 6.57. The molecule has 0 bridgehead atoms. The standard InChI is InChI=1S/C18H21NO/c1-2-8-15-14(6-1)7-5-9-16(15)17-12-19-13-18(20-17)10-3-4-11-18/h1-2,5-9,17,19H,3-4,10-13H2. The van der Waals surface area contributed by atoms with E-state index in [0.717, 1.165) is 13.1 Å². The van der Waals surface area contributed by atoms with E-state index in [-0.39, 0.29) is 11.7 Å². The Hall–Kier alpha value is -1.38. The van der Waals surface area contributed by atoms with Crippen LogP contribution in [0.25, 0.3) is 10.8 Å². The average molecular weight is 267 g/mol. The second-order valence-electron chi connectivity index (χ2n) is 6.20. The fourth-order valence-electron chi connectivity index (χ4n) is 3.83. The zero-order chi connectivity index (χ0) is 13.4. The number of morpholine rings is 1. The smallest absolute Gasteiger partial charge is 0.0963 e. The lowest BCUT2D eigenvalue weighted by atomic mass is 9.95. The Morgan fingerprint density at radius 1 is 1.00 bits per heavy atom. The van der Waals surface area contributed by atoms with Gasteiger partial charge in [0.25, 0.3) is 0 Å². The Kier molecular flexibility index (Phi) is 3.01. The number of benzene rings is 2. The Morgan fingerprint density at radius 3 is 2.70 bits per heavy atom. The van der Waals surface area contributed by atoms with Crippen molar-refractivity contribution in [2.45, 2.75) is 37.4 Å². The molecule has 4 rings (SSSR count). The molecule has 1 heterocycles. The maximum Gasteiger partial charge on any atom is 0.0963 e. The van der Waals surface area contributed by atoms with Crippen LogP contribution in [-0.2, 0) is 4.74 Å². The molecule has 1 saturated carbocycles. The van der Waals surface area contributed by atoms with Gasteiger partial charge in [0.15, 0.2) is 0 Å². The van der Waals surface area contributed by atoms with Gasteiger partial charge in [0.1, 0.15) is 0 Å². The highest BCUT2D eigenvalue weighted by Crippen LogP contribution is 2.40. The van der Waals surface area contributed by atoms with Crippen LogP contribution in [-0.4, -0.2) is 18.7 Å². The summed E-state index contributed by atoms with van der Waals surface area (Å²) in [5.74, 6) is 0. The first kappa shape index (κ1) is 12.4. The van der Waals surface area contributed by atoms with Crippen molar-refractivity contribution in [3.8, 4) is 0 Å². The van der Waals surface area contributed by atoms with Crippen molar-refractivity contribution in [2.75, 3.05) is 13.1 Å². The molecule has 1 spiro atoms. The average Bonchev–Trinajstić information content (AvgIpc) is 2.94. The number of nitrogens with one attached hydrogen (secondary N) is 1. The molecule has 1 unspecified atom stereocenters. The normalized spacial score (nSPS) is 25.3. The van der Waals surface area contributed by atoms with Gasteiger partial charge in [-0.15, -0.1) is 0 Å². The third kappa shape index (κ3) is 2.04. The fraction of sp³-hybridized carbons (Fsp3) is 0.444. The maximum atomic E-state index is 6.57. The van der Waals surface area contributed by atoms with Crippen LogP contribution in [0.15, 0.2) is 42.5 Å². The molecule has 1 aliphatic heterocycles. The van der Waals surface area contributed by atoms with E-state index in [1.807, 2.05) is 0 Å². The number of ether oxygens (including phenoxy) is 1. The molecule has 2 heteroatoms. The molecule has 2 aromatic rings. The molecule has 1 saturated heterocycles. The fourth-order valence-corrected chi connectivity index (χ4v) is 3.83. The third-order valence-corrected chi connectivity index (χ3v) is 4.85. The van der Waals surface area contributed by atoms with Gasteiger partial charge < -0.3 is 10.1 Å². The molecule has 1 atom stereocenters. The molecule has 2 nitrogen and oxygen atoms in total. The Morgan fingerprint density at radius 2 is 1.80 bits per heavy atom. The predicted octanol–water partition coefficient (Wildman–Crippen LogP) is 3.81. The summed E-state index contributed by atoms with van der Waals surface area (Å²) in [5.41, 5.74) is 1.43. The summed E-state index contributed by atoms with van der Waals surface area (Å²) in [7, 11) is 0. The third-order valence-electron chi connectivity index (χ3n) is 4.85. The first-order valence-electron chi connectivity index (χ1n) is 7.73. The van der Waals surface area contributed by atoms with Crippen LogP contribution in [0.2, 0.25) is 0 Å². The summed E-state index contributed by atoms with van der Waals surface area (Å²) < 4.78 is 6.57. The SMILES string of the molecule is c1ccc2c(C3CNCC4(CCCC4)O3)cccc2c1. The van der Waals surface area contributed by atoms with Crippen LogP contribution >= 0.6 is 0 Å². The largest absolute Gasteiger partial charge is 0.364 e. The van der Waals surface area contributed by atoms with E-state index < -0.39 is 0 Å². The Balaban J connectivity index is 1.72. The highest BCUT2D eigenvalue weighted by molar-refractivity contribution is 5.86. The van der Waals surface area contributed by atoms with Crippen LogP contribution < -0.4 is 5.32 Å². The van der Waals surface area contributed by atoms with Crippen molar-refractivity contribution in [3.05, 3.63) is 48.0 Å². The van der Waals surface area contributed by atoms with Gasteiger partial charge in [0.2, 0.25) is 0 Å². The number of hydrogen-bond donors (Lipinski definition) is 1. The van der Waals surface area contributed by atoms with Crippen LogP contribution in [0.1, 0.15) is 37.4 Å². The van der Waals surface area contributed by atoms with Gasteiger partial charge in [0, 0.05) is 13.1 Å². The molecule has 1 N–H and O–H groups in total.